The summed E-state index contributed by atoms with van der Waals surface area (Å²) in [5, 5.41) is 3.60. The Bertz CT molecular complexity index is 494. The molecule has 0 aliphatic heterocycles. The maximum atomic E-state index is 12.0. The van der Waals surface area contributed by atoms with Crippen LogP contribution < -0.4 is 5.32 Å². The third-order valence-electron chi connectivity index (χ3n) is 3.55. The number of allylic oxidation sites excluding steroid dienone is 1. The van der Waals surface area contributed by atoms with E-state index >= 15 is 0 Å². The molecule has 19 heavy (non-hydrogen) atoms. The van der Waals surface area contributed by atoms with Gasteiger partial charge in [-0.05, 0) is 56.7 Å². The predicted molar refractivity (Wildman–Crippen MR) is 79.7 cm³/mol. The Hall–Kier alpha value is -1.28. The minimum Gasteiger partial charge on any atom is -0.352 e. The first-order chi connectivity index (χ1) is 9.16. The number of amides is 1. The van der Waals surface area contributed by atoms with E-state index in [9.17, 15) is 4.79 Å². The van der Waals surface area contributed by atoms with Gasteiger partial charge in [-0.1, -0.05) is 29.3 Å². The Morgan fingerprint density at radius 2 is 2.21 bits per heavy atom. The molecule has 1 aliphatic carbocycles. The van der Waals surface area contributed by atoms with Gasteiger partial charge in [0.15, 0.2) is 0 Å². The Morgan fingerprint density at radius 3 is 2.89 bits per heavy atom. The Balaban J connectivity index is 1.83. The van der Waals surface area contributed by atoms with Crippen LogP contribution in [0, 0.1) is 6.92 Å². The van der Waals surface area contributed by atoms with E-state index in [1.165, 1.54) is 31.3 Å². The summed E-state index contributed by atoms with van der Waals surface area (Å²) in [7, 11) is 0. The number of hydrogen-bond donors (Lipinski definition) is 1. The molecule has 1 aliphatic rings. The van der Waals surface area contributed by atoms with Crippen LogP contribution in [-0.2, 0) is 0 Å². The molecule has 1 aromatic carbocycles. The number of benzene rings is 1. The van der Waals surface area contributed by atoms with Crippen molar-refractivity contribution >= 4 is 17.5 Å². The molecule has 0 aromatic heterocycles. The molecule has 0 radical (unpaired) electrons. The number of halogens is 1. The summed E-state index contributed by atoms with van der Waals surface area (Å²) in [6.07, 6.45) is 8.25. The van der Waals surface area contributed by atoms with E-state index in [-0.39, 0.29) is 5.91 Å². The van der Waals surface area contributed by atoms with Crippen molar-refractivity contribution in [1.82, 2.24) is 5.32 Å². The average Bonchev–Trinajstić information content (AvgIpc) is 2.43. The smallest absolute Gasteiger partial charge is 0.251 e. The van der Waals surface area contributed by atoms with Gasteiger partial charge in [-0.2, -0.15) is 0 Å². The summed E-state index contributed by atoms with van der Waals surface area (Å²) < 4.78 is 0. The zero-order chi connectivity index (χ0) is 13.7. The van der Waals surface area contributed by atoms with Gasteiger partial charge in [0.05, 0.1) is 0 Å². The number of aryl methyl sites for hydroxylation is 1. The van der Waals surface area contributed by atoms with Crippen molar-refractivity contribution < 1.29 is 4.79 Å². The fraction of sp³-hybridized carbons (Fsp3) is 0.438. The predicted octanol–water partition coefficient (Wildman–Crippen LogP) is 4.27. The first-order valence-electron chi connectivity index (χ1n) is 6.89. The van der Waals surface area contributed by atoms with Crippen molar-refractivity contribution in [2.75, 3.05) is 6.54 Å². The zero-order valence-electron chi connectivity index (χ0n) is 11.3. The molecule has 102 valence electrons. The van der Waals surface area contributed by atoms with E-state index < -0.39 is 0 Å². The van der Waals surface area contributed by atoms with Gasteiger partial charge in [-0.25, -0.2) is 0 Å². The van der Waals surface area contributed by atoms with E-state index in [0.717, 1.165) is 12.0 Å². The highest BCUT2D eigenvalue weighted by atomic mass is 35.5. The fourth-order valence-corrected chi connectivity index (χ4v) is 2.48. The topological polar surface area (TPSA) is 29.1 Å². The molecule has 0 spiro atoms. The lowest BCUT2D eigenvalue weighted by Crippen LogP contribution is -2.24. The number of carbonyl (C=O) groups is 1. The molecule has 0 saturated carbocycles. The van der Waals surface area contributed by atoms with Crippen molar-refractivity contribution in [3.8, 4) is 0 Å². The Morgan fingerprint density at radius 1 is 1.37 bits per heavy atom. The van der Waals surface area contributed by atoms with E-state index in [4.69, 9.17) is 11.6 Å². The number of hydrogen-bond acceptors (Lipinski definition) is 1. The zero-order valence-corrected chi connectivity index (χ0v) is 12.1. The summed E-state index contributed by atoms with van der Waals surface area (Å²) in [4.78, 5) is 12.0. The van der Waals surface area contributed by atoms with Crippen LogP contribution in [0.2, 0.25) is 5.02 Å². The second-order valence-electron chi connectivity index (χ2n) is 5.08. The highest BCUT2D eigenvalue weighted by Crippen LogP contribution is 2.20. The lowest BCUT2D eigenvalue weighted by molar-refractivity contribution is 0.0954. The minimum atomic E-state index is -0.0432. The van der Waals surface area contributed by atoms with Gasteiger partial charge in [0.25, 0.3) is 5.91 Å². The summed E-state index contributed by atoms with van der Waals surface area (Å²) in [6.45, 7) is 2.63. The van der Waals surface area contributed by atoms with Crippen LogP contribution in [-0.4, -0.2) is 12.5 Å². The Kier molecular flexibility index (Phi) is 5.03. The molecule has 1 aromatic rings. The molecule has 2 rings (SSSR count). The molecule has 0 bridgehead atoms. The largest absolute Gasteiger partial charge is 0.352 e. The van der Waals surface area contributed by atoms with Gasteiger partial charge in [-0.15, -0.1) is 0 Å². The maximum Gasteiger partial charge on any atom is 0.251 e. The van der Waals surface area contributed by atoms with Crippen molar-refractivity contribution in [1.29, 1.82) is 0 Å². The molecule has 0 unspecified atom stereocenters. The monoisotopic (exact) mass is 277 g/mol. The van der Waals surface area contributed by atoms with Gasteiger partial charge in [0, 0.05) is 17.1 Å². The second-order valence-corrected chi connectivity index (χ2v) is 5.49. The summed E-state index contributed by atoms with van der Waals surface area (Å²) in [6, 6.07) is 5.42. The fourth-order valence-electron chi connectivity index (χ4n) is 2.30. The van der Waals surface area contributed by atoms with Gasteiger partial charge < -0.3 is 5.32 Å². The quantitative estimate of drug-likeness (QED) is 0.818. The second kappa shape index (κ2) is 6.76. The van der Waals surface area contributed by atoms with Crippen molar-refractivity contribution in [2.45, 2.75) is 39.0 Å². The van der Waals surface area contributed by atoms with Crippen LogP contribution >= 0.6 is 11.6 Å². The van der Waals surface area contributed by atoms with Crippen molar-refractivity contribution in [3.05, 3.63) is 46.0 Å². The summed E-state index contributed by atoms with van der Waals surface area (Å²) in [5.74, 6) is -0.0432. The SMILES string of the molecule is Cc1ccc(C(=O)NCCC2=CCCCC2)cc1Cl. The Labute approximate surface area is 119 Å². The van der Waals surface area contributed by atoms with E-state index in [1.807, 2.05) is 19.1 Å². The molecular formula is C16H20ClNO. The number of nitrogens with one attached hydrogen (secondary N) is 1. The van der Waals surface area contributed by atoms with E-state index in [1.54, 1.807) is 6.07 Å². The first kappa shape index (κ1) is 14.1. The van der Waals surface area contributed by atoms with Crippen LogP contribution in [0.25, 0.3) is 0 Å². The first-order valence-corrected chi connectivity index (χ1v) is 7.27. The molecule has 0 saturated heterocycles. The molecule has 1 N–H and O–H groups in total. The van der Waals surface area contributed by atoms with Crippen LogP contribution in [0.1, 0.15) is 48.0 Å². The normalized spacial score (nSPS) is 14.9. The van der Waals surface area contributed by atoms with Crippen LogP contribution in [0.3, 0.4) is 0 Å². The average molecular weight is 278 g/mol. The molecular weight excluding hydrogens is 258 g/mol. The van der Waals surface area contributed by atoms with Gasteiger partial charge in [0.2, 0.25) is 0 Å². The van der Waals surface area contributed by atoms with Crippen LogP contribution in [0.15, 0.2) is 29.8 Å². The standard InChI is InChI=1S/C16H20ClNO/c1-12-7-8-14(11-15(12)17)16(19)18-10-9-13-5-3-2-4-6-13/h5,7-8,11H,2-4,6,9-10H2,1H3,(H,18,19). The van der Waals surface area contributed by atoms with Crippen molar-refractivity contribution in [3.63, 3.8) is 0 Å². The number of rotatable bonds is 4. The molecule has 0 fully saturated rings. The summed E-state index contributed by atoms with van der Waals surface area (Å²) in [5.41, 5.74) is 3.10. The maximum absolute atomic E-state index is 12.0. The minimum absolute atomic E-state index is 0.0432. The molecule has 1 amide bonds. The van der Waals surface area contributed by atoms with Gasteiger partial charge in [0.1, 0.15) is 0 Å². The van der Waals surface area contributed by atoms with Gasteiger partial charge >= 0.3 is 0 Å². The third kappa shape index (κ3) is 4.10. The number of carbonyl (C=O) groups excluding carboxylic acids is 1. The highest BCUT2D eigenvalue weighted by molar-refractivity contribution is 6.31. The van der Waals surface area contributed by atoms with Crippen LogP contribution in [0.5, 0.6) is 0 Å². The molecule has 3 heteroatoms. The molecule has 0 atom stereocenters. The molecule has 0 heterocycles. The highest BCUT2D eigenvalue weighted by Gasteiger charge is 2.08. The van der Waals surface area contributed by atoms with E-state index in [0.29, 0.717) is 17.1 Å². The molecule has 2 nitrogen and oxygen atoms in total. The van der Waals surface area contributed by atoms with Crippen LogP contribution in [0.4, 0.5) is 0 Å². The summed E-state index contributed by atoms with van der Waals surface area (Å²) >= 11 is 6.02. The van der Waals surface area contributed by atoms with Crippen molar-refractivity contribution in [2.24, 2.45) is 0 Å². The third-order valence-corrected chi connectivity index (χ3v) is 3.96. The lowest BCUT2D eigenvalue weighted by Gasteiger charge is -2.13. The lowest BCUT2D eigenvalue weighted by atomic mass is 9.97. The van der Waals surface area contributed by atoms with E-state index in [2.05, 4.69) is 11.4 Å². The van der Waals surface area contributed by atoms with Gasteiger partial charge in [-0.3, -0.25) is 4.79 Å².